The number of hydrogen-bond donors (Lipinski definition) is 1. The molecule has 2 N–H and O–H groups in total. The summed E-state index contributed by atoms with van der Waals surface area (Å²) in [5.41, 5.74) is 11.7. The second-order valence-electron chi connectivity index (χ2n) is 6.97. The first kappa shape index (κ1) is 18.4. The second-order valence-corrected chi connectivity index (χ2v) is 6.97. The predicted molar refractivity (Wildman–Crippen MR) is 108 cm³/mol. The van der Waals surface area contributed by atoms with Crippen LogP contribution in [0.4, 0.5) is 0 Å². The highest BCUT2D eigenvalue weighted by molar-refractivity contribution is 5.39. The van der Waals surface area contributed by atoms with Gasteiger partial charge in [0.25, 0.3) is 0 Å². The Morgan fingerprint density at radius 2 is 1.38 bits per heavy atom. The van der Waals surface area contributed by atoms with E-state index in [0.717, 1.165) is 11.1 Å². The van der Waals surface area contributed by atoms with Crippen molar-refractivity contribution >= 4 is 0 Å². The highest BCUT2D eigenvalue weighted by atomic mass is 16.5. The fourth-order valence-corrected chi connectivity index (χ4v) is 3.51. The third-order valence-corrected chi connectivity index (χ3v) is 5.01. The molecule has 0 saturated heterocycles. The van der Waals surface area contributed by atoms with Gasteiger partial charge in [-0.15, -0.1) is 0 Å². The lowest BCUT2D eigenvalue weighted by molar-refractivity contribution is -0.0452. The number of nitrogens with two attached hydrogens (primary N) is 1. The molecule has 0 bridgehead atoms. The summed E-state index contributed by atoms with van der Waals surface area (Å²) in [6, 6.07) is 26.8. The van der Waals surface area contributed by atoms with Crippen molar-refractivity contribution < 1.29 is 4.74 Å². The van der Waals surface area contributed by atoms with Crippen LogP contribution in [-0.4, -0.2) is 6.04 Å². The van der Waals surface area contributed by atoms with Crippen molar-refractivity contribution in [2.45, 2.75) is 39.0 Å². The van der Waals surface area contributed by atoms with Crippen molar-refractivity contribution in [1.82, 2.24) is 0 Å². The molecule has 1 unspecified atom stereocenters. The normalized spacial score (nSPS) is 12.8. The molecule has 0 amide bonds. The summed E-state index contributed by atoms with van der Waals surface area (Å²) in [6.07, 6.45) is 0. The van der Waals surface area contributed by atoms with Crippen molar-refractivity contribution in [3.63, 3.8) is 0 Å². The van der Waals surface area contributed by atoms with Gasteiger partial charge in [0, 0.05) is 6.04 Å². The number of rotatable bonds is 6. The van der Waals surface area contributed by atoms with E-state index in [1.807, 2.05) is 43.3 Å². The van der Waals surface area contributed by atoms with E-state index in [4.69, 9.17) is 10.5 Å². The zero-order chi connectivity index (χ0) is 18.6. The minimum atomic E-state index is -0.696. The molecule has 1 atom stereocenters. The number of aryl methyl sites for hydroxylation is 2. The molecule has 0 aliphatic rings. The molecular weight excluding hydrogens is 318 g/mol. The van der Waals surface area contributed by atoms with Gasteiger partial charge in [0.05, 0.1) is 6.61 Å². The van der Waals surface area contributed by atoms with E-state index >= 15 is 0 Å². The maximum absolute atomic E-state index is 6.66. The average Bonchev–Trinajstić information content (AvgIpc) is 2.66. The maximum atomic E-state index is 6.66. The Labute approximate surface area is 156 Å². The lowest BCUT2D eigenvalue weighted by atomic mass is 9.80. The highest BCUT2D eigenvalue weighted by Crippen LogP contribution is 2.37. The van der Waals surface area contributed by atoms with Crippen LogP contribution in [0.5, 0.6) is 0 Å². The van der Waals surface area contributed by atoms with Gasteiger partial charge < -0.3 is 10.5 Å². The Hall–Kier alpha value is -2.42. The molecule has 0 saturated carbocycles. The molecule has 0 aliphatic carbocycles. The first-order valence-electron chi connectivity index (χ1n) is 9.11. The fourth-order valence-electron chi connectivity index (χ4n) is 3.51. The monoisotopic (exact) mass is 345 g/mol. The van der Waals surface area contributed by atoms with Crippen LogP contribution in [0.3, 0.4) is 0 Å². The fraction of sp³-hybridized carbons (Fsp3) is 0.250. The van der Waals surface area contributed by atoms with Crippen LogP contribution < -0.4 is 5.73 Å². The smallest absolute Gasteiger partial charge is 0.133 e. The Morgan fingerprint density at radius 1 is 0.846 bits per heavy atom. The summed E-state index contributed by atoms with van der Waals surface area (Å²) >= 11 is 0. The summed E-state index contributed by atoms with van der Waals surface area (Å²) in [5, 5.41) is 0. The summed E-state index contributed by atoms with van der Waals surface area (Å²) in [6.45, 7) is 6.76. The Kier molecular flexibility index (Phi) is 5.55. The van der Waals surface area contributed by atoms with Gasteiger partial charge >= 0.3 is 0 Å². The van der Waals surface area contributed by atoms with Crippen LogP contribution in [0.15, 0.2) is 78.9 Å². The SMILES string of the molecule is Cc1ccc(C)c(COC(c2ccccc2)(c2ccccc2)C(C)N)c1. The van der Waals surface area contributed by atoms with E-state index < -0.39 is 5.60 Å². The Bertz CT molecular complexity index is 801. The molecular formula is C24H27NO. The van der Waals surface area contributed by atoms with Crippen molar-refractivity contribution in [3.05, 3.63) is 107 Å². The van der Waals surface area contributed by atoms with Gasteiger partial charge in [0.2, 0.25) is 0 Å². The minimum Gasteiger partial charge on any atom is -0.359 e. The highest BCUT2D eigenvalue weighted by Gasteiger charge is 2.39. The summed E-state index contributed by atoms with van der Waals surface area (Å²) in [4.78, 5) is 0. The number of ether oxygens (including phenoxy) is 1. The lowest BCUT2D eigenvalue weighted by Gasteiger charge is -2.38. The number of hydrogen-bond acceptors (Lipinski definition) is 2. The molecule has 3 aromatic rings. The average molecular weight is 345 g/mol. The van der Waals surface area contributed by atoms with Crippen LogP contribution in [0.1, 0.15) is 34.7 Å². The Balaban J connectivity index is 2.07. The molecule has 3 aromatic carbocycles. The third-order valence-electron chi connectivity index (χ3n) is 5.01. The maximum Gasteiger partial charge on any atom is 0.133 e. The van der Waals surface area contributed by atoms with E-state index in [9.17, 15) is 0 Å². The quantitative estimate of drug-likeness (QED) is 0.674. The van der Waals surface area contributed by atoms with E-state index in [1.54, 1.807) is 0 Å². The van der Waals surface area contributed by atoms with Gasteiger partial charge in [-0.05, 0) is 43.0 Å². The zero-order valence-corrected chi connectivity index (χ0v) is 15.8. The lowest BCUT2D eigenvalue weighted by Crippen LogP contribution is -2.46. The molecule has 3 rings (SSSR count). The van der Waals surface area contributed by atoms with Gasteiger partial charge in [-0.25, -0.2) is 0 Å². The van der Waals surface area contributed by atoms with Gasteiger partial charge in [0.1, 0.15) is 5.60 Å². The van der Waals surface area contributed by atoms with E-state index in [-0.39, 0.29) is 6.04 Å². The number of benzene rings is 3. The second kappa shape index (κ2) is 7.86. The van der Waals surface area contributed by atoms with Gasteiger partial charge in [0.15, 0.2) is 0 Å². The molecule has 0 radical (unpaired) electrons. The van der Waals surface area contributed by atoms with Gasteiger partial charge in [-0.1, -0.05) is 84.4 Å². The molecule has 0 aromatic heterocycles. The van der Waals surface area contributed by atoms with E-state index in [1.165, 1.54) is 16.7 Å². The largest absolute Gasteiger partial charge is 0.359 e. The first-order chi connectivity index (χ1) is 12.5. The molecule has 0 aliphatic heterocycles. The minimum absolute atomic E-state index is 0.211. The van der Waals surface area contributed by atoms with Crippen molar-refractivity contribution in [3.8, 4) is 0 Å². The van der Waals surface area contributed by atoms with Crippen LogP contribution in [0.2, 0.25) is 0 Å². The van der Waals surface area contributed by atoms with Gasteiger partial charge in [-0.3, -0.25) is 0 Å². The zero-order valence-electron chi connectivity index (χ0n) is 15.8. The molecule has 0 heterocycles. The van der Waals surface area contributed by atoms with Crippen LogP contribution in [0, 0.1) is 13.8 Å². The van der Waals surface area contributed by atoms with Crippen LogP contribution >= 0.6 is 0 Å². The summed E-state index contributed by atoms with van der Waals surface area (Å²) in [5.74, 6) is 0. The standard InChI is InChI=1S/C24H27NO/c1-18-14-15-19(2)21(16-18)17-26-24(20(3)25,22-10-6-4-7-11-22)23-12-8-5-9-13-23/h4-16,20H,17,25H2,1-3H3. The van der Waals surface area contributed by atoms with Crippen molar-refractivity contribution in [1.29, 1.82) is 0 Å². The van der Waals surface area contributed by atoms with Gasteiger partial charge in [-0.2, -0.15) is 0 Å². The Morgan fingerprint density at radius 3 is 1.88 bits per heavy atom. The van der Waals surface area contributed by atoms with E-state index in [0.29, 0.717) is 6.61 Å². The van der Waals surface area contributed by atoms with Crippen molar-refractivity contribution in [2.75, 3.05) is 0 Å². The molecule has 0 fully saturated rings. The van der Waals surface area contributed by atoms with Crippen molar-refractivity contribution in [2.24, 2.45) is 5.73 Å². The molecule has 2 nitrogen and oxygen atoms in total. The molecule has 26 heavy (non-hydrogen) atoms. The third kappa shape index (κ3) is 3.57. The van der Waals surface area contributed by atoms with E-state index in [2.05, 4.69) is 56.3 Å². The summed E-state index contributed by atoms with van der Waals surface area (Å²) < 4.78 is 6.66. The molecule has 134 valence electrons. The predicted octanol–water partition coefficient (Wildman–Crippen LogP) is 5.11. The van der Waals surface area contributed by atoms with Crippen LogP contribution in [-0.2, 0) is 16.9 Å². The molecule has 2 heteroatoms. The molecule has 0 spiro atoms. The topological polar surface area (TPSA) is 35.2 Å². The van der Waals surface area contributed by atoms with Crippen LogP contribution in [0.25, 0.3) is 0 Å². The summed E-state index contributed by atoms with van der Waals surface area (Å²) in [7, 11) is 0. The first-order valence-corrected chi connectivity index (χ1v) is 9.11.